The third kappa shape index (κ3) is 4.14. The minimum Gasteiger partial charge on any atom is -0.371 e. The predicted molar refractivity (Wildman–Crippen MR) is 94.7 cm³/mol. The Morgan fingerprint density at radius 2 is 2.04 bits per heavy atom. The van der Waals surface area contributed by atoms with E-state index >= 15 is 0 Å². The molecule has 1 saturated heterocycles. The molecule has 0 aliphatic carbocycles. The standard InChI is InChI=1S/C19H27N3O/c1-2-10-20-19(23)15-21-11-7-16(8-12-21)14-22-13-9-17-5-3-4-6-18(17)22/h2-6,16H,1,7-15H2,(H,20,23). The van der Waals surface area contributed by atoms with E-state index < -0.39 is 0 Å². The van der Waals surface area contributed by atoms with E-state index in [4.69, 9.17) is 0 Å². The highest BCUT2D eigenvalue weighted by Crippen LogP contribution is 2.29. The molecule has 0 spiro atoms. The van der Waals surface area contributed by atoms with Crippen LogP contribution in [0.3, 0.4) is 0 Å². The monoisotopic (exact) mass is 313 g/mol. The Hall–Kier alpha value is -1.81. The highest BCUT2D eigenvalue weighted by molar-refractivity contribution is 5.78. The Morgan fingerprint density at radius 1 is 1.26 bits per heavy atom. The topological polar surface area (TPSA) is 35.6 Å². The third-order valence-corrected chi connectivity index (χ3v) is 4.98. The minimum atomic E-state index is 0.108. The van der Waals surface area contributed by atoms with Crippen molar-refractivity contribution in [1.29, 1.82) is 0 Å². The summed E-state index contributed by atoms with van der Waals surface area (Å²) < 4.78 is 0. The molecule has 0 bridgehead atoms. The number of piperidine rings is 1. The van der Waals surface area contributed by atoms with Gasteiger partial charge in [-0.25, -0.2) is 0 Å². The second-order valence-electron chi connectivity index (χ2n) is 6.64. The first-order valence-electron chi connectivity index (χ1n) is 8.69. The maximum absolute atomic E-state index is 11.8. The van der Waals surface area contributed by atoms with Crippen LogP contribution in [0.1, 0.15) is 18.4 Å². The molecule has 0 aromatic heterocycles. The van der Waals surface area contributed by atoms with Crippen LogP contribution in [0.15, 0.2) is 36.9 Å². The zero-order valence-electron chi connectivity index (χ0n) is 13.8. The van der Waals surface area contributed by atoms with Gasteiger partial charge < -0.3 is 10.2 Å². The number of carbonyl (C=O) groups excluding carboxylic acids is 1. The summed E-state index contributed by atoms with van der Waals surface area (Å²) in [6, 6.07) is 8.78. The summed E-state index contributed by atoms with van der Waals surface area (Å²) in [6.07, 6.45) is 5.28. The lowest BCUT2D eigenvalue weighted by Crippen LogP contribution is -2.43. The molecule has 2 heterocycles. The summed E-state index contributed by atoms with van der Waals surface area (Å²) in [4.78, 5) is 16.6. The van der Waals surface area contributed by atoms with Crippen molar-refractivity contribution in [3.8, 4) is 0 Å². The fraction of sp³-hybridized carbons (Fsp3) is 0.526. The minimum absolute atomic E-state index is 0.108. The van der Waals surface area contributed by atoms with Crippen LogP contribution < -0.4 is 10.2 Å². The van der Waals surface area contributed by atoms with E-state index in [0.717, 1.165) is 32.1 Å². The zero-order valence-corrected chi connectivity index (χ0v) is 13.8. The van der Waals surface area contributed by atoms with Crippen molar-refractivity contribution in [3.05, 3.63) is 42.5 Å². The van der Waals surface area contributed by atoms with Gasteiger partial charge in [-0.05, 0) is 49.9 Å². The normalized spacial score (nSPS) is 18.7. The van der Waals surface area contributed by atoms with Gasteiger partial charge in [-0.1, -0.05) is 24.3 Å². The molecule has 0 atom stereocenters. The molecule has 1 fully saturated rings. The summed E-state index contributed by atoms with van der Waals surface area (Å²) in [5, 5.41) is 2.85. The number of fused-ring (bicyclic) bond motifs is 1. The summed E-state index contributed by atoms with van der Waals surface area (Å²) >= 11 is 0. The van der Waals surface area contributed by atoms with Crippen molar-refractivity contribution < 1.29 is 4.79 Å². The predicted octanol–water partition coefficient (Wildman–Crippen LogP) is 2.06. The van der Waals surface area contributed by atoms with E-state index in [2.05, 4.69) is 46.0 Å². The van der Waals surface area contributed by atoms with Gasteiger partial charge in [0.1, 0.15) is 0 Å². The van der Waals surface area contributed by atoms with Crippen molar-refractivity contribution in [3.63, 3.8) is 0 Å². The summed E-state index contributed by atoms with van der Waals surface area (Å²) in [7, 11) is 0. The summed E-state index contributed by atoms with van der Waals surface area (Å²) in [5.74, 6) is 0.852. The lowest BCUT2D eigenvalue weighted by atomic mass is 9.96. The van der Waals surface area contributed by atoms with Crippen molar-refractivity contribution in [2.24, 2.45) is 5.92 Å². The van der Waals surface area contributed by atoms with Gasteiger partial charge in [-0.2, -0.15) is 0 Å². The average Bonchev–Trinajstić information content (AvgIpc) is 2.98. The Bertz CT molecular complexity index is 549. The number of carbonyl (C=O) groups is 1. The molecule has 3 rings (SSSR count). The molecule has 4 nitrogen and oxygen atoms in total. The Balaban J connectivity index is 1.43. The molecule has 1 aromatic rings. The van der Waals surface area contributed by atoms with Gasteiger partial charge in [0.25, 0.3) is 0 Å². The van der Waals surface area contributed by atoms with Crippen LogP contribution >= 0.6 is 0 Å². The molecule has 0 unspecified atom stereocenters. The first-order chi connectivity index (χ1) is 11.3. The van der Waals surface area contributed by atoms with E-state index in [0.29, 0.717) is 13.1 Å². The second kappa shape index (κ2) is 7.64. The van der Waals surface area contributed by atoms with E-state index in [9.17, 15) is 4.79 Å². The Labute approximate surface area is 139 Å². The van der Waals surface area contributed by atoms with Gasteiger partial charge in [0, 0.05) is 25.3 Å². The van der Waals surface area contributed by atoms with E-state index in [1.807, 2.05) is 0 Å². The van der Waals surface area contributed by atoms with Crippen LogP contribution in [-0.2, 0) is 11.2 Å². The number of para-hydroxylation sites is 1. The molecule has 2 aliphatic rings. The summed E-state index contributed by atoms with van der Waals surface area (Å²) in [6.45, 7) is 9.08. The van der Waals surface area contributed by atoms with Crippen LogP contribution in [-0.4, -0.2) is 50.1 Å². The first kappa shape index (κ1) is 16.1. The smallest absolute Gasteiger partial charge is 0.234 e. The van der Waals surface area contributed by atoms with Gasteiger partial charge in [-0.3, -0.25) is 9.69 Å². The van der Waals surface area contributed by atoms with Crippen LogP contribution in [0.4, 0.5) is 5.69 Å². The Kier molecular flexibility index (Phi) is 5.34. The maximum atomic E-state index is 11.8. The number of nitrogens with zero attached hydrogens (tertiary/aromatic N) is 2. The number of anilines is 1. The molecule has 23 heavy (non-hydrogen) atoms. The largest absolute Gasteiger partial charge is 0.371 e. The van der Waals surface area contributed by atoms with Gasteiger partial charge in [-0.15, -0.1) is 6.58 Å². The van der Waals surface area contributed by atoms with Gasteiger partial charge in [0.05, 0.1) is 6.54 Å². The molecule has 124 valence electrons. The van der Waals surface area contributed by atoms with Gasteiger partial charge in [0.2, 0.25) is 5.91 Å². The fourth-order valence-electron chi connectivity index (χ4n) is 3.68. The lowest BCUT2D eigenvalue weighted by molar-refractivity contribution is -0.122. The number of benzene rings is 1. The molecule has 1 aromatic carbocycles. The van der Waals surface area contributed by atoms with Crippen LogP contribution in [0.25, 0.3) is 0 Å². The molecular weight excluding hydrogens is 286 g/mol. The second-order valence-corrected chi connectivity index (χ2v) is 6.64. The first-order valence-corrected chi connectivity index (χ1v) is 8.69. The molecule has 0 radical (unpaired) electrons. The lowest BCUT2D eigenvalue weighted by Gasteiger charge is -2.34. The van der Waals surface area contributed by atoms with Crippen molar-refractivity contribution in [2.75, 3.05) is 44.2 Å². The highest BCUT2D eigenvalue weighted by atomic mass is 16.2. The number of hydrogen-bond acceptors (Lipinski definition) is 3. The Morgan fingerprint density at radius 3 is 2.83 bits per heavy atom. The number of nitrogens with one attached hydrogen (secondary N) is 1. The van der Waals surface area contributed by atoms with Gasteiger partial charge >= 0.3 is 0 Å². The fourth-order valence-corrected chi connectivity index (χ4v) is 3.68. The SMILES string of the molecule is C=CCNC(=O)CN1CCC(CN2CCc3ccccc32)CC1. The molecule has 2 aliphatic heterocycles. The molecule has 0 saturated carbocycles. The average molecular weight is 313 g/mol. The van der Waals surface area contributed by atoms with Crippen LogP contribution in [0.2, 0.25) is 0 Å². The van der Waals surface area contributed by atoms with Crippen LogP contribution in [0.5, 0.6) is 0 Å². The van der Waals surface area contributed by atoms with Crippen molar-refractivity contribution in [1.82, 2.24) is 10.2 Å². The number of rotatable bonds is 6. The van der Waals surface area contributed by atoms with Gasteiger partial charge in [0.15, 0.2) is 0 Å². The highest BCUT2D eigenvalue weighted by Gasteiger charge is 2.25. The van der Waals surface area contributed by atoms with E-state index in [1.165, 1.54) is 30.5 Å². The molecular formula is C19H27N3O. The molecule has 1 N–H and O–H groups in total. The molecule has 4 heteroatoms. The molecule has 1 amide bonds. The third-order valence-electron chi connectivity index (χ3n) is 4.98. The van der Waals surface area contributed by atoms with Crippen LogP contribution in [0, 0.1) is 5.92 Å². The quantitative estimate of drug-likeness (QED) is 0.817. The van der Waals surface area contributed by atoms with Crippen molar-refractivity contribution >= 4 is 11.6 Å². The summed E-state index contributed by atoms with van der Waals surface area (Å²) in [5.41, 5.74) is 2.92. The number of likely N-dealkylation sites (tertiary alicyclic amines) is 1. The zero-order chi connectivity index (χ0) is 16.1. The maximum Gasteiger partial charge on any atom is 0.234 e. The number of amides is 1. The van der Waals surface area contributed by atoms with E-state index in [1.54, 1.807) is 6.08 Å². The van der Waals surface area contributed by atoms with Crippen molar-refractivity contribution in [2.45, 2.75) is 19.3 Å². The number of hydrogen-bond donors (Lipinski definition) is 1. The van der Waals surface area contributed by atoms with E-state index in [-0.39, 0.29) is 5.91 Å².